The third-order valence-electron chi connectivity index (χ3n) is 3.26. The van der Waals surface area contributed by atoms with Crippen LogP contribution in [0.3, 0.4) is 0 Å². The van der Waals surface area contributed by atoms with Crippen LogP contribution in [0.5, 0.6) is 0 Å². The van der Waals surface area contributed by atoms with Gasteiger partial charge in [0.2, 0.25) is 0 Å². The molecule has 1 aliphatic rings. The van der Waals surface area contributed by atoms with E-state index in [1.807, 2.05) is 11.3 Å². The predicted octanol–water partition coefficient (Wildman–Crippen LogP) is 3.50. The highest BCUT2D eigenvalue weighted by Gasteiger charge is 2.24. The SMILES string of the molecule is O=C(O)CC1CCC(c2cccs2)CC1. The Balaban J connectivity index is 1.84. The van der Waals surface area contributed by atoms with E-state index in [1.54, 1.807) is 0 Å². The molecule has 0 atom stereocenters. The van der Waals surface area contributed by atoms with Crippen LogP contribution in [0, 0.1) is 5.92 Å². The molecule has 0 bridgehead atoms. The number of thiophene rings is 1. The average molecular weight is 224 g/mol. The van der Waals surface area contributed by atoms with Gasteiger partial charge in [0.25, 0.3) is 0 Å². The Labute approximate surface area is 93.9 Å². The fraction of sp³-hybridized carbons (Fsp3) is 0.583. The number of carbonyl (C=O) groups is 1. The summed E-state index contributed by atoms with van der Waals surface area (Å²) in [6, 6.07) is 4.30. The van der Waals surface area contributed by atoms with Gasteiger partial charge in [0.05, 0.1) is 0 Å². The Kier molecular flexibility index (Phi) is 3.41. The van der Waals surface area contributed by atoms with E-state index in [0.717, 1.165) is 12.8 Å². The van der Waals surface area contributed by atoms with Crippen LogP contribution < -0.4 is 0 Å². The minimum absolute atomic E-state index is 0.358. The zero-order valence-electron chi connectivity index (χ0n) is 8.69. The second kappa shape index (κ2) is 4.79. The van der Waals surface area contributed by atoms with Crippen molar-refractivity contribution < 1.29 is 9.90 Å². The third kappa shape index (κ3) is 2.81. The summed E-state index contributed by atoms with van der Waals surface area (Å²) in [5, 5.41) is 10.8. The van der Waals surface area contributed by atoms with Crippen LogP contribution in [0.1, 0.15) is 42.9 Å². The fourth-order valence-corrected chi connectivity index (χ4v) is 3.32. The van der Waals surface area contributed by atoms with E-state index in [9.17, 15) is 4.79 Å². The Morgan fingerprint density at radius 3 is 2.67 bits per heavy atom. The monoisotopic (exact) mass is 224 g/mol. The molecule has 0 aromatic carbocycles. The lowest BCUT2D eigenvalue weighted by Gasteiger charge is -2.26. The lowest BCUT2D eigenvalue weighted by atomic mass is 9.80. The predicted molar refractivity (Wildman–Crippen MR) is 61.3 cm³/mol. The van der Waals surface area contributed by atoms with Gasteiger partial charge in [0.1, 0.15) is 0 Å². The topological polar surface area (TPSA) is 37.3 Å². The molecule has 3 heteroatoms. The van der Waals surface area contributed by atoms with Crippen LogP contribution in [-0.2, 0) is 4.79 Å². The molecule has 1 N–H and O–H groups in total. The lowest BCUT2D eigenvalue weighted by Crippen LogP contribution is -2.15. The van der Waals surface area contributed by atoms with E-state index in [2.05, 4.69) is 17.5 Å². The average Bonchev–Trinajstić information content (AvgIpc) is 2.71. The van der Waals surface area contributed by atoms with E-state index >= 15 is 0 Å². The number of aliphatic carboxylic acids is 1. The smallest absolute Gasteiger partial charge is 0.303 e. The molecule has 0 unspecified atom stereocenters. The van der Waals surface area contributed by atoms with Gasteiger partial charge >= 0.3 is 5.97 Å². The van der Waals surface area contributed by atoms with Gasteiger partial charge in [0, 0.05) is 11.3 Å². The first-order chi connectivity index (χ1) is 7.25. The Hall–Kier alpha value is -0.830. The van der Waals surface area contributed by atoms with Crippen molar-refractivity contribution in [1.29, 1.82) is 0 Å². The number of carboxylic acids is 1. The highest BCUT2D eigenvalue weighted by Crippen LogP contribution is 2.38. The van der Waals surface area contributed by atoms with Crippen molar-refractivity contribution in [3.63, 3.8) is 0 Å². The first kappa shape index (κ1) is 10.7. The largest absolute Gasteiger partial charge is 0.481 e. The third-order valence-corrected chi connectivity index (χ3v) is 4.29. The van der Waals surface area contributed by atoms with E-state index in [-0.39, 0.29) is 0 Å². The maximum Gasteiger partial charge on any atom is 0.303 e. The van der Waals surface area contributed by atoms with Crippen LogP contribution in [-0.4, -0.2) is 11.1 Å². The summed E-state index contributed by atoms with van der Waals surface area (Å²) in [7, 11) is 0. The summed E-state index contributed by atoms with van der Waals surface area (Å²) in [5.41, 5.74) is 0. The number of carboxylic acid groups (broad SMARTS) is 1. The van der Waals surface area contributed by atoms with Crippen LogP contribution in [0.4, 0.5) is 0 Å². The Morgan fingerprint density at radius 1 is 1.40 bits per heavy atom. The molecule has 15 heavy (non-hydrogen) atoms. The molecule has 1 aromatic heterocycles. The van der Waals surface area contributed by atoms with Gasteiger partial charge < -0.3 is 5.11 Å². The maximum atomic E-state index is 10.6. The zero-order valence-corrected chi connectivity index (χ0v) is 9.50. The molecule has 2 nitrogen and oxygen atoms in total. The van der Waals surface area contributed by atoms with Gasteiger partial charge in [-0.2, -0.15) is 0 Å². The number of hydrogen-bond donors (Lipinski definition) is 1. The minimum Gasteiger partial charge on any atom is -0.481 e. The summed E-state index contributed by atoms with van der Waals surface area (Å²) in [6.07, 6.45) is 4.85. The first-order valence-corrected chi connectivity index (χ1v) is 6.39. The normalized spacial score (nSPS) is 26.4. The molecule has 0 amide bonds. The Morgan fingerprint density at radius 2 is 2.13 bits per heavy atom. The summed E-state index contributed by atoms with van der Waals surface area (Å²) < 4.78 is 0. The van der Waals surface area contributed by atoms with E-state index in [4.69, 9.17) is 5.11 Å². The van der Waals surface area contributed by atoms with Crippen molar-refractivity contribution in [2.75, 3.05) is 0 Å². The van der Waals surface area contributed by atoms with E-state index in [0.29, 0.717) is 18.3 Å². The second-order valence-corrected chi connectivity index (χ2v) is 5.31. The van der Waals surface area contributed by atoms with Gasteiger partial charge in [0.15, 0.2) is 0 Å². The number of rotatable bonds is 3. The van der Waals surface area contributed by atoms with Crippen LogP contribution >= 0.6 is 11.3 Å². The molecule has 0 aliphatic heterocycles. The van der Waals surface area contributed by atoms with Gasteiger partial charge in [-0.05, 0) is 49.0 Å². The summed E-state index contributed by atoms with van der Waals surface area (Å²) in [5.74, 6) is 0.461. The van der Waals surface area contributed by atoms with Crippen molar-refractivity contribution in [2.45, 2.75) is 38.0 Å². The molecule has 0 radical (unpaired) electrons. The highest BCUT2D eigenvalue weighted by atomic mass is 32.1. The first-order valence-electron chi connectivity index (χ1n) is 5.51. The Bertz CT molecular complexity index is 310. The van der Waals surface area contributed by atoms with Gasteiger partial charge in [-0.3, -0.25) is 4.79 Å². The van der Waals surface area contributed by atoms with Crippen molar-refractivity contribution in [2.24, 2.45) is 5.92 Å². The van der Waals surface area contributed by atoms with Crippen LogP contribution in [0.25, 0.3) is 0 Å². The lowest BCUT2D eigenvalue weighted by molar-refractivity contribution is -0.138. The van der Waals surface area contributed by atoms with Gasteiger partial charge in [-0.1, -0.05) is 6.07 Å². The van der Waals surface area contributed by atoms with Gasteiger partial charge in [-0.25, -0.2) is 0 Å². The van der Waals surface area contributed by atoms with Crippen molar-refractivity contribution >= 4 is 17.3 Å². The zero-order chi connectivity index (χ0) is 10.7. The van der Waals surface area contributed by atoms with E-state index < -0.39 is 5.97 Å². The van der Waals surface area contributed by atoms with Crippen molar-refractivity contribution in [3.05, 3.63) is 22.4 Å². The van der Waals surface area contributed by atoms with Crippen molar-refractivity contribution in [3.8, 4) is 0 Å². The molecular formula is C12H16O2S. The second-order valence-electron chi connectivity index (χ2n) is 4.33. The molecule has 0 saturated heterocycles. The highest BCUT2D eigenvalue weighted by molar-refractivity contribution is 7.10. The summed E-state index contributed by atoms with van der Waals surface area (Å²) in [6.45, 7) is 0. The molecule has 0 spiro atoms. The molecular weight excluding hydrogens is 208 g/mol. The molecule has 1 aromatic rings. The molecule has 1 saturated carbocycles. The quantitative estimate of drug-likeness (QED) is 0.853. The van der Waals surface area contributed by atoms with Crippen LogP contribution in [0.2, 0.25) is 0 Å². The van der Waals surface area contributed by atoms with Crippen LogP contribution in [0.15, 0.2) is 17.5 Å². The maximum absolute atomic E-state index is 10.6. The summed E-state index contributed by atoms with van der Waals surface area (Å²) >= 11 is 1.83. The summed E-state index contributed by atoms with van der Waals surface area (Å²) in [4.78, 5) is 12.1. The molecule has 2 rings (SSSR count). The van der Waals surface area contributed by atoms with Gasteiger partial charge in [-0.15, -0.1) is 11.3 Å². The fourth-order valence-electron chi connectivity index (χ4n) is 2.42. The number of hydrogen-bond acceptors (Lipinski definition) is 2. The molecule has 1 fully saturated rings. The molecule has 1 heterocycles. The van der Waals surface area contributed by atoms with E-state index in [1.165, 1.54) is 17.7 Å². The standard InChI is InChI=1S/C12H16O2S/c13-12(14)8-9-3-5-10(6-4-9)11-2-1-7-15-11/h1-2,7,9-10H,3-6,8H2,(H,13,14). The molecule has 1 aliphatic carbocycles. The van der Waals surface area contributed by atoms with Crippen molar-refractivity contribution in [1.82, 2.24) is 0 Å². The minimum atomic E-state index is -0.644. The molecule has 82 valence electrons.